The number of hydrogen-bond acceptors (Lipinski definition) is 3. The van der Waals surface area contributed by atoms with E-state index in [9.17, 15) is 0 Å². The molecule has 0 amide bonds. The summed E-state index contributed by atoms with van der Waals surface area (Å²) >= 11 is 11.4. The maximum Gasteiger partial charge on any atom is 0.184 e. The molecule has 0 radical (unpaired) electrons. The third-order valence-electron chi connectivity index (χ3n) is 3.39. The molecule has 0 spiro atoms. The maximum absolute atomic E-state index is 5.99. The number of nitrogens with zero attached hydrogens (tertiary/aromatic N) is 3. The van der Waals surface area contributed by atoms with E-state index in [4.69, 9.17) is 23.8 Å². The molecule has 21 heavy (non-hydrogen) atoms. The Bertz CT molecular complexity index is 1030. The van der Waals surface area contributed by atoms with Crippen molar-refractivity contribution >= 4 is 45.8 Å². The van der Waals surface area contributed by atoms with Crippen molar-refractivity contribution in [3.8, 4) is 5.69 Å². The second kappa shape index (κ2) is 4.65. The number of imidazole rings is 1. The van der Waals surface area contributed by atoms with Crippen LogP contribution in [-0.4, -0.2) is 19.5 Å². The van der Waals surface area contributed by atoms with Gasteiger partial charge in [-0.1, -0.05) is 23.7 Å². The fourth-order valence-electron chi connectivity index (χ4n) is 2.49. The molecule has 0 aliphatic heterocycles. The molecule has 4 rings (SSSR count). The second-order valence-electron chi connectivity index (χ2n) is 4.66. The summed E-state index contributed by atoms with van der Waals surface area (Å²) < 4.78 is 2.51. The summed E-state index contributed by atoms with van der Waals surface area (Å²) in [6, 6.07) is 9.82. The zero-order chi connectivity index (χ0) is 14.4. The van der Waals surface area contributed by atoms with Gasteiger partial charge in [-0.25, -0.2) is 4.98 Å². The van der Waals surface area contributed by atoms with Gasteiger partial charge >= 0.3 is 0 Å². The van der Waals surface area contributed by atoms with Gasteiger partial charge in [0.05, 0.1) is 16.2 Å². The zero-order valence-corrected chi connectivity index (χ0v) is 12.3. The van der Waals surface area contributed by atoms with Crippen LogP contribution in [-0.2, 0) is 0 Å². The lowest BCUT2D eigenvalue weighted by atomic mass is 10.1. The minimum atomic E-state index is 0.577. The summed E-state index contributed by atoms with van der Waals surface area (Å²) in [4.78, 5) is 11.7. The first-order chi connectivity index (χ1) is 10.2. The number of pyridine rings is 2. The Morgan fingerprint density at radius 3 is 3.00 bits per heavy atom. The molecule has 102 valence electrons. The third-order valence-corrected chi connectivity index (χ3v) is 3.88. The molecule has 0 saturated heterocycles. The number of halogens is 1. The topological polar surface area (TPSA) is 46.5 Å². The minimum absolute atomic E-state index is 0.577. The van der Waals surface area contributed by atoms with Crippen molar-refractivity contribution in [1.29, 1.82) is 0 Å². The summed E-state index contributed by atoms with van der Waals surface area (Å²) in [5.41, 5.74) is 2.55. The summed E-state index contributed by atoms with van der Waals surface area (Å²) in [6.07, 6.45) is 5.23. The number of hydrogen-bond donors (Lipinski definition) is 1. The highest BCUT2D eigenvalue weighted by molar-refractivity contribution is 7.71. The Labute approximate surface area is 130 Å². The molecule has 6 heteroatoms. The average molecular weight is 313 g/mol. The summed E-state index contributed by atoms with van der Waals surface area (Å²) in [7, 11) is 0. The van der Waals surface area contributed by atoms with Crippen molar-refractivity contribution in [2.45, 2.75) is 0 Å². The van der Waals surface area contributed by atoms with Gasteiger partial charge in [0, 0.05) is 29.4 Å². The van der Waals surface area contributed by atoms with Crippen LogP contribution in [0.5, 0.6) is 0 Å². The molecule has 0 unspecified atom stereocenters. The van der Waals surface area contributed by atoms with Crippen molar-refractivity contribution in [2.75, 3.05) is 0 Å². The van der Waals surface area contributed by atoms with Crippen LogP contribution >= 0.6 is 23.8 Å². The lowest BCUT2D eigenvalue weighted by Gasteiger charge is -2.07. The number of aromatic nitrogens is 4. The van der Waals surface area contributed by atoms with Crippen molar-refractivity contribution in [2.24, 2.45) is 0 Å². The normalized spacial score (nSPS) is 11.3. The molecule has 1 aromatic carbocycles. The van der Waals surface area contributed by atoms with E-state index >= 15 is 0 Å². The molecular formula is C15H9ClN4S. The van der Waals surface area contributed by atoms with Crippen molar-refractivity contribution in [1.82, 2.24) is 19.5 Å². The highest BCUT2D eigenvalue weighted by atomic mass is 35.5. The van der Waals surface area contributed by atoms with E-state index in [-0.39, 0.29) is 0 Å². The monoisotopic (exact) mass is 312 g/mol. The molecule has 3 aromatic heterocycles. The number of rotatable bonds is 1. The number of benzene rings is 1. The largest absolute Gasteiger partial charge is 0.329 e. The number of aromatic amines is 1. The molecule has 4 nitrogen and oxygen atoms in total. The minimum Gasteiger partial charge on any atom is -0.329 e. The van der Waals surface area contributed by atoms with Crippen LogP contribution in [0.1, 0.15) is 0 Å². The molecule has 0 saturated carbocycles. The lowest BCUT2D eigenvalue weighted by molar-refractivity contribution is 1.05. The first-order valence-corrected chi connectivity index (χ1v) is 7.12. The lowest BCUT2D eigenvalue weighted by Crippen LogP contribution is -1.96. The molecule has 0 atom stereocenters. The smallest absolute Gasteiger partial charge is 0.184 e. The fraction of sp³-hybridized carbons (Fsp3) is 0. The van der Waals surface area contributed by atoms with Crippen molar-refractivity contribution in [3.05, 3.63) is 58.7 Å². The van der Waals surface area contributed by atoms with Gasteiger partial charge in [-0.2, -0.15) is 0 Å². The summed E-state index contributed by atoms with van der Waals surface area (Å²) in [5.74, 6) is 0. The van der Waals surface area contributed by atoms with Crippen LogP contribution in [0.2, 0.25) is 5.02 Å². The van der Waals surface area contributed by atoms with E-state index in [1.54, 1.807) is 12.4 Å². The quantitative estimate of drug-likeness (QED) is 0.533. The fourth-order valence-corrected chi connectivity index (χ4v) is 2.95. The Balaban J connectivity index is 2.14. The molecule has 1 N–H and O–H groups in total. The van der Waals surface area contributed by atoms with Gasteiger partial charge in [-0.3, -0.25) is 9.55 Å². The number of nitrogens with one attached hydrogen (secondary N) is 1. The summed E-state index contributed by atoms with van der Waals surface area (Å²) in [5, 5.41) is 2.70. The van der Waals surface area contributed by atoms with Gasteiger partial charge in [0.15, 0.2) is 10.4 Å². The maximum atomic E-state index is 5.99. The van der Waals surface area contributed by atoms with Crippen LogP contribution in [0, 0.1) is 4.77 Å². The highest BCUT2D eigenvalue weighted by Gasteiger charge is 2.10. The Morgan fingerprint density at radius 2 is 2.10 bits per heavy atom. The molecule has 0 bridgehead atoms. The third kappa shape index (κ3) is 1.93. The predicted molar refractivity (Wildman–Crippen MR) is 86.6 cm³/mol. The van der Waals surface area contributed by atoms with E-state index in [2.05, 4.69) is 15.0 Å². The van der Waals surface area contributed by atoms with Crippen LogP contribution in [0.25, 0.3) is 27.6 Å². The first-order valence-electron chi connectivity index (χ1n) is 6.33. The SMILES string of the molecule is S=c1[nH]c2cc(Cl)cnc2n1-c1cccc2cnccc12. The van der Waals surface area contributed by atoms with Crippen LogP contribution in [0.3, 0.4) is 0 Å². The van der Waals surface area contributed by atoms with E-state index in [1.807, 2.05) is 41.1 Å². The van der Waals surface area contributed by atoms with E-state index in [0.29, 0.717) is 9.79 Å². The first kappa shape index (κ1) is 12.5. The Morgan fingerprint density at radius 1 is 1.19 bits per heavy atom. The molecule has 0 aliphatic rings. The van der Waals surface area contributed by atoms with Crippen LogP contribution in [0.15, 0.2) is 48.9 Å². The molecular weight excluding hydrogens is 304 g/mol. The second-order valence-corrected chi connectivity index (χ2v) is 5.49. The molecule has 0 fully saturated rings. The van der Waals surface area contributed by atoms with Crippen LogP contribution < -0.4 is 0 Å². The molecule has 0 aliphatic carbocycles. The van der Waals surface area contributed by atoms with Gasteiger partial charge in [0.1, 0.15) is 0 Å². The van der Waals surface area contributed by atoms with Gasteiger partial charge in [0.2, 0.25) is 0 Å². The highest BCUT2D eigenvalue weighted by Crippen LogP contribution is 2.26. The summed E-state index contributed by atoms with van der Waals surface area (Å²) in [6.45, 7) is 0. The Kier molecular flexibility index (Phi) is 2.77. The van der Waals surface area contributed by atoms with Gasteiger partial charge in [-0.05, 0) is 30.4 Å². The predicted octanol–water partition coefficient (Wildman–Crippen LogP) is 4.28. The number of fused-ring (bicyclic) bond motifs is 2. The molecule has 3 heterocycles. The van der Waals surface area contributed by atoms with Gasteiger partial charge < -0.3 is 4.98 Å². The van der Waals surface area contributed by atoms with Gasteiger partial charge in [-0.15, -0.1) is 0 Å². The Hall–Kier alpha value is -2.24. The number of H-pyrrole nitrogens is 1. The van der Waals surface area contributed by atoms with Crippen molar-refractivity contribution in [3.63, 3.8) is 0 Å². The van der Waals surface area contributed by atoms with E-state index in [1.165, 1.54) is 0 Å². The van der Waals surface area contributed by atoms with Gasteiger partial charge in [0.25, 0.3) is 0 Å². The molecule has 4 aromatic rings. The van der Waals surface area contributed by atoms with E-state index in [0.717, 1.165) is 27.6 Å². The van der Waals surface area contributed by atoms with Crippen LogP contribution in [0.4, 0.5) is 0 Å². The zero-order valence-electron chi connectivity index (χ0n) is 10.7. The average Bonchev–Trinajstić information content (AvgIpc) is 2.81. The van der Waals surface area contributed by atoms with Crippen molar-refractivity contribution < 1.29 is 0 Å². The standard InChI is InChI=1S/C15H9ClN4S/c16-10-6-12-14(18-8-10)20(15(21)19-12)13-3-1-2-9-7-17-5-4-11(9)13/h1-8H,(H,19,21). The van der Waals surface area contributed by atoms with E-state index < -0.39 is 0 Å².